The van der Waals surface area contributed by atoms with E-state index in [1.165, 1.54) is 0 Å². The number of carbonyl (C=O) groups is 1. The van der Waals surface area contributed by atoms with Crippen molar-refractivity contribution in [3.63, 3.8) is 0 Å². The number of para-hydroxylation sites is 1. The van der Waals surface area contributed by atoms with Gasteiger partial charge in [-0.2, -0.15) is 0 Å². The summed E-state index contributed by atoms with van der Waals surface area (Å²) in [6.45, 7) is 2.50. The summed E-state index contributed by atoms with van der Waals surface area (Å²) in [4.78, 5) is 12.0. The maximum atomic E-state index is 12.0. The van der Waals surface area contributed by atoms with Gasteiger partial charge in [-0.05, 0) is 19.1 Å². The Kier molecular flexibility index (Phi) is 4.06. The highest BCUT2D eigenvalue weighted by Gasteiger charge is 2.20. The van der Waals surface area contributed by atoms with E-state index in [9.17, 15) is 4.79 Å². The smallest absolute Gasteiger partial charge is 0.250 e. The van der Waals surface area contributed by atoms with E-state index in [0.29, 0.717) is 23.6 Å². The van der Waals surface area contributed by atoms with Gasteiger partial charge >= 0.3 is 0 Å². The fourth-order valence-corrected chi connectivity index (χ4v) is 1.85. The van der Waals surface area contributed by atoms with Crippen molar-refractivity contribution >= 4 is 12.0 Å². The zero-order valence-corrected chi connectivity index (χ0v) is 11.1. The average Bonchev–Trinajstić information content (AvgIpc) is 2.45. The number of amides is 1. The molecule has 0 bridgehead atoms. The van der Waals surface area contributed by atoms with Gasteiger partial charge in [0.25, 0.3) is 5.91 Å². The highest BCUT2D eigenvalue weighted by molar-refractivity contribution is 5.99. The monoisotopic (exact) mass is 262 g/mol. The number of hydrogen-bond acceptors (Lipinski definition) is 4. The first-order valence-electron chi connectivity index (χ1n) is 6.17. The van der Waals surface area contributed by atoms with Crippen molar-refractivity contribution in [3.8, 4) is 11.5 Å². The topological polar surface area (TPSA) is 73.6 Å². The lowest BCUT2D eigenvalue weighted by Crippen LogP contribution is -2.39. The first-order valence-corrected chi connectivity index (χ1v) is 6.17. The van der Waals surface area contributed by atoms with Gasteiger partial charge in [-0.3, -0.25) is 4.79 Å². The molecule has 0 spiro atoms. The molecule has 1 aliphatic heterocycles. The number of rotatable bonds is 4. The standard InChI is InChI=1S/C14H18N2O3/c1-9(7-15)16-14(17)11-6-10-4-3-5-12(18-2)13(10)19-8-11/h3-6,9H,7-8,15H2,1-2H3,(H,16,17)/t9-/m0/s1. The van der Waals surface area contributed by atoms with E-state index in [1.807, 2.05) is 31.2 Å². The Hall–Kier alpha value is -2.01. The van der Waals surface area contributed by atoms with E-state index in [0.717, 1.165) is 5.56 Å². The highest BCUT2D eigenvalue weighted by Crippen LogP contribution is 2.35. The number of carbonyl (C=O) groups excluding carboxylic acids is 1. The second-order valence-electron chi connectivity index (χ2n) is 4.45. The second kappa shape index (κ2) is 5.75. The molecule has 1 amide bonds. The second-order valence-corrected chi connectivity index (χ2v) is 4.45. The molecule has 0 unspecified atom stereocenters. The minimum Gasteiger partial charge on any atom is -0.493 e. The van der Waals surface area contributed by atoms with Gasteiger partial charge in [0.2, 0.25) is 0 Å². The van der Waals surface area contributed by atoms with Crippen LogP contribution in [-0.2, 0) is 4.79 Å². The third-order valence-electron chi connectivity index (χ3n) is 2.95. The first-order chi connectivity index (χ1) is 9.15. The lowest BCUT2D eigenvalue weighted by Gasteiger charge is -2.20. The number of nitrogens with one attached hydrogen (secondary N) is 1. The lowest BCUT2D eigenvalue weighted by molar-refractivity contribution is -0.118. The minimum atomic E-state index is -0.147. The van der Waals surface area contributed by atoms with Crippen LogP contribution in [0, 0.1) is 0 Å². The van der Waals surface area contributed by atoms with E-state index < -0.39 is 0 Å². The fourth-order valence-electron chi connectivity index (χ4n) is 1.85. The Bertz CT molecular complexity index is 511. The predicted molar refractivity (Wildman–Crippen MR) is 73.1 cm³/mol. The molecule has 19 heavy (non-hydrogen) atoms. The van der Waals surface area contributed by atoms with Crippen LogP contribution >= 0.6 is 0 Å². The van der Waals surface area contributed by atoms with Crippen LogP contribution in [0.5, 0.6) is 11.5 Å². The van der Waals surface area contributed by atoms with Gasteiger partial charge < -0.3 is 20.5 Å². The van der Waals surface area contributed by atoms with Crippen LogP contribution in [-0.4, -0.2) is 32.2 Å². The maximum absolute atomic E-state index is 12.0. The molecular formula is C14H18N2O3. The van der Waals surface area contributed by atoms with Crippen molar-refractivity contribution in [2.45, 2.75) is 13.0 Å². The van der Waals surface area contributed by atoms with Gasteiger partial charge in [-0.15, -0.1) is 0 Å². The van der Waals surface area contributed by atoms with Crippen LogP contribution in [0.3, 0.4) is 0 Å². The normalized spacial score (nSPS) is 14.8. The van der Waals surface area contributed by atoms with E-state index >= 15 is 0 Å². The van der Waals surface area contributed by atoms with Crippen LogP contribution < -0.4 is 20.5 Å². The summed E-state index contributed by atoms with van der Waals surface area (Å²) in [5.41, 5.74) is 6.91. The molecule has 3 N–H and O–H groups in total. The number of nitrogens with two attached hydrogens (primary N) is 1. The van der Waals surface area contributed by atoms with Gasteiger partial charge in [-0.25, -0.2) is 0 Å². The number of ether oxygens (including phenoxy) is 2. The van der Waals surface area contributed by atoms with Crippen LogP contribution in [0.25, 0.3) is 6.08 Å². The Balaban J connectivity index is 2.22. The van der Waals surface area contributed by atoms with Gasteiger partial charge in [-0.1, -0.05) is 12.1 Å². The first kappa shape index (κ1) is 13.4. The van der Waals surface area contributed by atoms with Gasteiger partial charge in [0, 0.05) is 18.2 Å². The zero-order valence-electron chi connectivity index (χ0n) is 11.1. The van der Waals surface area contributed by atoms with Crippen molar-refractivity contribution in [2.75, 3.05) is 20.3 Å². The summed E-state index contributed by atoms with van der Waals surface area (Å²) in [6, 6.07) is 5.52. The predicted octanol–water partition coefficient (Wildman–Crippen LogP) is 0.934. The molecule has 1 aliphatic rings. The van der Waals surface area contributed by atoms with Gasteiger partial charge in [0.05, 0.1) is 12.7 Å². The molecule has 1 aromatic carbocycles. The van der Waals surface area contributed by atoms with Gasteiger partial charge in [0.1, 0.15) is 6.61 Å². The van der Waals surface area contributed by atoms with E-state index in [1.54, 1.807) is 7.11 Å². The molecule has 0 aromatic heterocycles. The fraction of sp³-hybridized carbons (Fsp3) is 0.357. The summed E-state index contributed by atoms with van der Waals surface area (Å²) in [7, 11) is 1.59. The van der Waals surface area contributed by atoms with Crippen LogP contribution in [0.2, 0.25) is 0 Å². The summed E-state index contributed by atoms with van der Waals surface area (Å²) < 4.78 is 10.8. The number of benzene rings is 1. The zero-order chi connectivity index (χ0) is 13.8. The molecule has 0 radical (unpaired) electrons. The Morgan fingerprint density at radius 1 is 1.58 bits per heavy atom. The molecule has 5 nitrogen and oxygen atoms in total. The third kappa shape index (κ3) is 2.88. The largest absolute Gasteiger partial charge is 0.493 e. The molecule has 102 valence electrons. The molecule has 0 fully saturated rings. The van der Waals surface area contributed by atoms with Crippen LogP contribution in [0.4, 0.5) is 0 Å². The number of methoxy groups -OCH3 is 1. The Labute approximate surface area is 112 Å². The third-order valence-corrected chi connectivity index (χ3v) is 2.95. The van der Waals surface area contributed by atoms with E-state index in [-0.39, 0.29) is 18.6 Å². The Morgan fingerprint density at radius 3 is 3.05 bits per heavy atom. The van der Waals surface area contributed by atoms with Crippen LogP contribution in [0.15, 0.2) is 23.8 Å². The lowest BCUT2D eigenvalue weighted by atomic mass is 10.1. The molecule has 1 aromatic rings. The van der Waals surface area contributed by atoms with Gasteiger partial charge in [0.15, 0.2) is 11.5 Å². The maximum Gasteiger partial charge on any atom is 0.250 e. The van der Waals surface area contributed by atoms with E-state index in [4.69, 9.17) is 15.2 Å². The molecule has 0 aliphatic carbocycles. The average molecular weight is 262 g/mol. The van der Waals surface area contributed by atoms with Crippen molar-refractivity contribution in [1.82, 2.24) is 5.32 Å². The van der Waals surface area contributed by atoms with Crippen LogP contribution in [0.1, 0.15) is 12.5 Å². The minimum absolute atomic E-state index is 0.0555. The summed E-state index contributed by atoms with van der Waals surface area (Å²) >= 11 is 0. The summed E-state index contributed by atoms with van der Waals surface area (Å²) in [5, 5.41) is 2.82. The van der Waals surface area contributed by atoms with Crippen molar-refractivity contribution in [1.29, 1.82) is 0 Å². The number of fused-ring (bicyclic) bond motifs is 1. The highest BCUT2D eigenvalue weighted by atomic mass is 16.5. The van der Waals surface area contributed by atoms with E-state index in [2.05, 4.69) is 5.32 Å². The molecule has 2 rings (SSSR count). The summed E-state index contributed by atoms with van der Waals surface area (Å²) in [6.07, 6.45) is 1.82. The van der Waals surface area contributed by atoms with Crippen molar-refractivity contribution < 1.29 is 14.3 Å². The molecule has 0 saturated heterocycles. The molecule has 1 atom stereocenters. The van der Waals surface area contributed by atoms with Crippen molar-refractivity contribution in [3.05, 3.63) is 29.3 Å². The SMILES string of the molecule is COc1cccc2c1OCC(C(=O)N[C@@H](C)CN)=C2. The van der Waals surface area contributed by atoms with Crippen molar-refractivity contribution in [2.24, 2.45) is 5.73 Å². The number of hydrogen-bond donors (Lipinski definition) is 2. The summed E-state index contributed by atoms with van der Waals surface area (Å²) in [5.74, 6) is 1.20. The Morgan fingerprint density at radius 2 is 2.37 bits per heavy atom. The quantitative estimate of drug-likeness (QED) is 0.846. The molecule has 5 heteroatoms. The molecular weight excluding hydrogens is 244 g/mol. The molecule has 1 heterocycles. The molecule has 0 saturated carbocycles.